The lowest BCUT2D eigenvalue weighted by Gasteiger charge is -2.09. The molecule has 0 saturated carbocycles. The van der Waals surface area contributed by atoms with Crippen molar-refractivity contribution in [3.63, 3.8) is 0 Å². The minimum atomic E-state index is -3.83. The Bertz CT molecular complexity index is 691. The van der Waals surface area contributed by atoms with E-state index in [2.05, 4.69) is 4.98 Å². The number of aromatic nitrogens is 1. The molecule has 0 atom stereocenters. The maximum Gasteiger partial charge on any atom is 0.340 e. The van der Waals surface area contributed by atoms with Gasteiger partial charge in [0.2, 0.25) is 5.88 Å². The lowest BCUT2D eigenvalue weighted by Crippen LogP contribution is -2.11. The van der Waals surface area contributed by atoms with Crippen LogP contribution in [0, 0.1) is 20.8 Å². The molecule has 4 nitrogen and oxygen atoms in total. The van der Waals surface area contributed by atoms with E-state index < -0.39 is 10.1 Å². The molecule has 19 heavy (non-hydrogen) atoms. The van der Waals surface area contributed by atoms with Gasteiger partial charge in [-0.1, -0.05) is 23.8 Å². The van der Waals surface area contributed by atoms with Crippen molar-refractivity contribution < 1.29 is 12.6 Å². The number of benzene rings is 1. The molecule has 0 spiro atoms. The van der Waals surface area contributed by atoms with E-state index in [1.165, 1.54) is 12.1 Å². The largest absolute Gasteiger partial charge is 0.358 e. The van der Waals surface area contributed by atoms with Gasteiger partial charge in [0.15, 0.2) is 0 Å². The molecule has 0 saturated heterocycles. The summed E-state index contributed by atoms with van der Waals surface area (Å²) in [5, 5.41) is 0. The minimum absolute atomic E-state index is 0.126. The highest BCUT2D eigenvalue weighted by atomic mass is 32.2. The maximum absolute atomic E-state index is 12.1. The molecular formula is C14H15NO3S. The van der Waals surface area contributed by atoms with Gasteiger partial charge in [-0.25, -0.2) is 4.98 Å². The second-order valence-electron chi connectivity index (χ2n) is 4.43. The molecule has 1 aromatic heterocycles. The zero-order chi connectivity index (χ0) is 14.0. The van der Waals surface area contributed by atoms with Gasteiger partial charge in [-0.2, -0.15) is 8.42 Å². The predicted molar refractivity (Wildman–Crippen MR) is 72.7 cm³/mol. The molecule has 2 aromatic rings. The number of pyridine rings is 1. The van der Waals surface area contributed by atoms with E-state index in [-0.39, 0.29) is 10.8 Å². The van der Waals surface area contributed by atoms with Gasteiger partial charge in [-0.05, 0) is 39.0 Å². The number of aryl methyl sites for hydroxylation is 3. The van der Waals surface area contributed by atoms with Gasteiger partial charge in [0.1, 0.15) is 4.90 Å². The van der Waals surface area contributed by atoms with Gasteiger partial charge < -0.3 is 4.18 Å². The fourth-order valence-electron chi connectivity index (χ4n) is 1.54. The van der Waals surface area contributed by atoms with E-state index in [0.29, 0.717) is 11.3 Å². The summed E-state index contributed by atoms with van der Waals surface area (Å²) >= 11 is 0. The maximum atomic E-state index is 12.1. The van der Waals surface area contributed by atoms with E-state index in [9.17, 15) is 8.42 Å². The average Bonchev–Trinajstić information content (AvgIpc) is 2.34. The Kier molecular flexibility index (Phi) is 3.57. The molecular weight excluding hydrogens is 262 g/mol. The first-order chi connectivity index (χ1) is 8.88. The molecule has 0 aliphatic rings. The van der Waals surface area contributed by atoms with Crippen LogP contribution in [0.1, 0.15) is 16.8 Å². The summed E-state index contributed by atoms with van der Waals surface area (Å²) in [6, 6.07) is 10.1. The SMILES string of the molecule is Cc1ccc(S(=O)(=O)Oc2nc(C)ccc2C)cc1. The summed E-state index contributed by atoms with van der Waals surface area (Å²) < 4.78 is 29.3. The van der Waals surface area contributed by atoms with Crippen molar-refractivity contribution in [2.24, 2.45) is 0 Å². The Morgan fingerprint density at radius 1 is 0.947 bits per heavy atom. The Balaban J connectivity index is 2.36. The van der Waals surface area contributed by atoms with Crippen LogP contribution in [0.15, 0.2) is 41.3 Å². The van der Waals surface area contributed by atoms with Gasteiger partial charge in [-0.3, -0.25) is 0 Å². The van der Waals surface area contributed by atoms with Crippen LogP contribution in [0.4, 0.5) is 0 Å². The van der Waals surface area contributed by atoms with Gasteiger partial charge in [0, 0.05) is 11.3 Å². The third kappa shape index (κ3) is 3.12. The van der Waals surface area contributed by atoms with Gasteiger partial charge >= 0.3 is 10.1 Å². The highest BCUT2D eigenvalue weighted by molar-refractivity contribution is 7.87. The normalized spacial score (nSPS) is 11.3. The third-order valence-electron chi connectivity index (χ3n) is 2.69. The zero-order valence-corrected chi connectivity index (χ0v) is 11.9. The van der Waals surface area contributed by atoms with Crippen molar-refractivity contribution in [1.82, 2.24) is 4.98 Å². The standard InChI is InChI=1S/C14H15NO3S/c1-10-4-8-13(9-5-10)19(16,17)18-14-11(2)6-7-12(3)15-14/h4-9H,1-3H3. The molecule has 0 unspecified atom stereocenters. The number of hydrogen-bond donors (Lipinski definition) is 0. The topological polar surface area (TPSA) is 56.3 Å². The Labute approximate surface area is 113 Å². The zero-order valence-electron chi connectivity index (χ0n) is 11.0. The molecule has 2 rings (SSSR count). The van der Waals surface area contributed by atoms with Crippen molar-refractivity contribution in [1.29, 1.82) is 0 Å². The smallest absolute Gasteiger partial charge is 0.340 e. The Morgan fingerprint density at radius 2 is 1.58 bits per heavy atom. The van der Waals surface area contributed by atoms with Crippen LogP contribution in [0.25, 0.3) is 0 Å². The molecule has 1 aromatic carbocycles. The molecule has 0 amide bonds. The Morgan fingerprint density at radius 3 is 2.21 bits per heavy atom. The van der Waals surface area contributed by atoms with Crippen LogP contribution in [0.2, 0.25) is 0 Å². The van der Waals surface area contributed by atoms with Crippen LogP contribution in [0.5, 0.6) is 5.88 Å². The molecule has 1 heterocycles. The quantitative estimate of drug-likeness (QED) is 0.809. The molecule has 100 valence electrons. The van der Waals surface area contributed by atoms with Gasteiger partial charge in [-0.15, -0.1) is 0 Å². The van der Waals surface area contributed by atoms with E-state index >= 15 is 0 Å². The first kappa shape index (κ1) is 13.5. The van der Waals surface area contributed by atoms with Crippen molar-refractivity contribution in [3.05, 3.63) is 53.2 Å². The summed E-state index contributed by atoms with van der Waals surface area (Å²) in [6.45, 7) is 5.43. The van der Waals surface area contributed by atoms with Crippen LogP contribution >= 0.6 is 0 Å². The van der Waals surface area contributed by atoms with Crippen molar-refractivity contribution in [2.75, 3.05) is 0 Å². The molecule has 5 heteroatoms. The highest BCUT2D eigenvalue weighted by Crippen LogP contribution is 2.20. The van der Waals surface area contributed by atoms with Crippen molar-refractivity contribution in [3.8, 4) is 5.88 Å². The van der Waals surface area contributed by atoms with Gasteiger partial charge in [0.25, 0.3) is 0 Å². The summed E-state index contributed by atoms with van der Waals surface area (Å²) in [6.07, 6.45) is 0. The highest BCUT2D eigenvalue weighted by Gasteiger charge is 2.18. The number of hydrogen-bond acceptors (Lipinski definition) is 4. The first-order valence-electron chi connectivity index (χ1n) is 5.84. The van der Waals surface area contributed by atoms with E-state index in [0.717, 1.165) is 5.56 Å². The minimum Gasteiger partial charge on any atom is -0.358 e. The van der Waals surface area contributed by atoms with Crippen LogP contribution in [-0.2, 0) is 10.1 Å². The summed E-state index contributed by atoms with van der Waals surface area (Å²) in [5.41, 5.74) is 2.38. The predicted octanol–water partition coefficient (Wildman–Crippen LogP) is 2.77. The lowest BCUT2D eigenvalue weighted by atomic mass is 10.2. The van der Waals surface area contributed by atoms with Crippen LogP contribution in [0.3, 0.4) is 0 Å². The van der Waals surface area contributed by atoms with Crippen LogP contribution in [-0.4, -0.2) is 13.4 Å². The second-order valence-corrected chi connectivity index (χ2v) is 5.97. The summed E-state index contributed by atoms with van der Waals surface area (Å²) in [7, 11) is -3.83. The number of rotatable bonds is 3. The molecule has 0 aliphatic heterocycles. The molecule has 0 fully saturated rings. The van der Waals surface area contributed by atoms with Gasteiger partial charge in [0.05, 0.1) is 0 Å². The van der Waals surface area contributed by atoms with Crippen molar-refractivity contribution >= 4 is 10.1 Å². The lowest BCUT2D eigenvalue weighted by molar-refractivity contribution is 0.473. The number of nitrogens with zero attached hydrogens (tertiary/aromatic N) is 1. The van der Waals surface area contributed by atoms with E-state index in [4.69, 9.17) is 4.18 Å². The monoisotopic (exact) mass is 277 g/mol. The van der Waals surface area contributed by atoms with E-state index in [1.54, 1.807) is 38.1 Å². The summed E-state index contributed by atoms with van der Waals surface area (Å²) in [4.78, 5) is 4.23. The van der Waals surface area contributed by atoms with E-state index in [1.807, 2.05) is 6.92 Å². The molecule has 0 N–H and O–H groups in total. The fourth-order valence-corrected chi connectivity index (χ4v) is 2.49. The molecule has 0 aliphatic carbocycles. The second kappa shape index (κ2) is 5.01. The van der Waals surface area contributed by atoms with Crippen LogP contribution < -0.4 is 4.18 Å². The summed E-state index contributed by atoms with van der Waals surface area (Å²) in [5.74, 6) is 0.126. The first-order valence-corrected chi connectivity index (χ1v) is 7.25. The molecule has 0 bridgehead atoms. The molecule has 0 radical (unpaired) electrons. The average molecular weight is 277 g/mol. The van der Waals surface area contributed by atoms with Crippen molar-refractivity contribution in [2.45, 2.75) is 25.7 Å². The Hall–Kier alpha value is -1.88. The third-order valence-corrected chi connectivity index (χ3v) is 3.91. The fraction of sp³-hybridized carbons (Fsp3) is 0.214.